The first-order valence-electron chi connectivity index (χ1n) is 8.04. The number of carbonyl (C=O) groups excluding carboxylic acids is 2. The molecule has 0 aliphatic carbocycles. The monoisotopic (exact) mass is 530 g/mol. The third kappa shape index (κ3) is 5.98. The van der Waals surface area contributed by atoms with Crippen LogP contribution in [0.2, 0.25) is 0 Å². The number of amides is 2. The summed E-state index contributed by atoms with van der Waals surface area (Å²) in [5, 5.41) is 2.59. The molecule has 0 bridgehead atoms. The van der Waals surface area contributed by atoms with E-state index < -0.39 is 6.04 Å². The van der Waals surface area contributed by atoms with E-state index in [2.05, 4.69) is 43.8 Å². The van der Waals surface area contributed by atoms with Crippen molar-refractivity contribution >= 4 is 50.3 Å². The average molecular weight is 531 g/mol. The number of ether oxygens (including phenoxy) is 1. The molecule has 7 heteroatoms. The van der Waals surface area contributed by atoms with E-state index in [0.29, 0.717) is 12.3 Å². The van der Waals surface area contributed by atoms with Gasteiger partial charge in [-0.15, -0.1) is 0 Å². The molecule has 0 radical (unpaired) electrons. The molecule has 0 aliphatic rings. The predicted octanol–water partition coefficient (Wildman–Crippen LogP) is 3.60. The second-order valence-corrected chi connectivity index (χ2v) is 7.85. The second-order valence-electron chi connectivity index (χ2n) is 5.68. The highest BCUT2D eigenvalue weighted by Gasteiger charge is 2.25. The van der Waals surface area contributed by atoms with Crippen LogP contribution in [-0.2, 0) is 16.1 Å². The number of likely N-dealkylation sites (N-methyl/N-ethyl adjacent to an activating group) is 1. The van der Waals surface area contributed by atoms with Gasteiger partial charge in [-0.25, -0.2) is 0 Å². The summed E-state index contributed by atoms with van der Waals surface area (Å²) < 4.78 is 7.60. The van der Waals surface area contributed by atoms with Crippen molar-refractivity contribution < 1.29 is 14.3 Å². The molecule has 0 aliphatic heterocycles. The third-order valence-corrected chi connectivity index (χ3v) is 5.04. The smallest absolute Gasteiger partial charge is 0.261 e. The summed E-state index contributed by atoms with van der Waals surface area (Å²) in [6.07, 6.45) is 0. The van der Waals surface area contributed by atoms with Gasteiger partial charge in [0.25, 0.3) is 5.91 Å². The molecule has 0 saturated carbocycles. The van der Waals surface area contributed by atoms with Gasteiger partial charge in [0.2, 0.25) is 5.91 Å². The van der Waals surface area contributed by atoms with E-state index in [1.165, 1.54) is 4.90 Å². The zero-order valence-electron chi connectivity index (χ0n) is 14.5. The van der Waals surface area contributed by atoms with E-state index in [1.807, 2.05) is 48.5 Å². The van der Waals surface area contributed by atoms with Gasteiger partial charge in [0.15, 0.2) is 6.61 Å². The van der Waals surface area contributed by atoms with Crippen LogP contribution in [0.25, 0.3) is 0 Å². The molecule has 0 heterocycles. The molecule has 1 atom stereocenters. The molecule has 2 aromatic carbocycles. The lowest BCUT2D eigenvalue weighted by Gasteiger charge is -2.28. The van der Waals surface area contributed by atoms with Crippen LogP contribution < -0.4 is 10.1 Å². The molecule has 26 heavy (non-hydrogen) atoms. The Kier molecular flexibility index (Phi) is 7.89. The van der Waals surface area contributed by atoms with Crippen LogP contribution in [0.3, 0.4) is 0 Å². The third-order valence-electron chi connectivity index (χ3n) is 3.83. The maximum Gasteiger partial charge on any atom is 0.261 e. The number of hydrogen-bond acceptors (Lipinski definition) is 3. The summed E-state index contributed by atoms with van der Waals surface area (Å²) in [5.74, 6) is 0.149. The summed E-state index contributed by atoms with van der Waals surface area (Å²) in [4.78, 5) is 26.3. The first-order valence-corrected chi connectivity index (χ1v) is 9.91. The Labute approximate surface area is 175 Å². The lowest BCUT2D eigenvalue weighted by atomic mass is 10.1. The van der Waals surface area contributed by atoms with E-state index in [4.69, 9.17) is 4.74 Å². The summed E-state index contributed by atoms with van der Waals surface area (Å²) >= 11 is 5.63. The normalized spacial score (nSPS) is 11.5. The lowest BCUT2D eigenvalue weighted by Crippen LogP contribution is -2.48. The predicted molar refractivity (Wildman–Crippen MR) is 113 cm³/mol. The van der Waals surface area contributed by atoms with Crippen molar-refractivity contribution in [3.63, 3.8) is 0 Å². The van der Waals surface area contributed by atoms with Crippen molar-refractivity contribution in [2.24, 2.45) is 0 Å². The molecule has 1 N–H and O–H groups in total. The van der Waals surface area contributed by atoms with E-state index in [9.17, 15) is 9.59 Å². The van der Waals surface area contributed by atoms with Gasteiger partial charge in [-0.2, -0.15) is 0 Å². The van der Waals surface area contributed by atoms with Gasteiger partial charge >= 0.3 is 0 Å². The Hall–Kier alpha value is -1.61. The lowest BCUT2D eigenvalue weighted by molar-refractivity contribution is -0.142. The summed E-state index contributed by atoms with van der Waals surface area (Å²) in [6, 6.07) is 14.5. The summed E-state index contributed by atoms with van der Waals surface area (Å²) in [5.41, 5.74) is 0.928. The molecule has 0 spiro atoms. The number of benzene rings is 2. The fraction of sp³-hybridized carbons (Fsp3) is 0.263. The summed E-state index contributed by atoms with van der Waals surface area (Å²) in [6.45, 7) is 1.90. The van der Waals surface area contributed by atoms with E-state index in [0.717, 1.165) is 13.6 Å². The fourth-order valence-corrected chi connectivity index (χ4v) is 3.19. The number of nitrogens with one attached hydrogen (secondary N) is 1. The van der Waals surface area contributed by atoms with Crippen molar-refractivity contribution in [2.75, 3.05) is 13.7 Å². The quantitative estimate of drug-likeness (QED) is 0.556. The van der Waals surface area contributed by atoms with E-state index in [1.54, 1.807) is 14.0 Å². The minimum Gasteiger partial charge on any atom is -0.484 e. The zero-order chi connectivity index (χ0) is 19.1. The van der Waals surface area contributed by atoms with Crippen LogP contribution in [0.15, 0.2) is 53.0 Å². The largest absolute Gasteiger partial charge is 0.484 e. The standard InChI is InChI=1S/C19H20BrIN2O3/c1-13(19(25)22-2)23(11-14-4-3-5-15(20)10-14)18(24)12-26-17-8-6-16(21)7-9-17/h3-10,13H,11-12H2,1-2H3,(H,22,25)/t13-/m1/s1. The average Bonchev–Trinajstić information content (AvgIpc) is 2.64. The fourth-order valence-electron chi connectivity index (χ4n) is 2.38. The van der Waals surface area contributed by atoms with Crippen LogP contribution in [-0.4, -0.2) is 36.4 Å². The highest BCUT2D eigenvalue weighted by atomic mass is 127. The molecule has 138 valence electrons. The van der Waals surface area contributed by atoms with E-state index >= 15 is 0 Å². The Balaban J connectivity index is 2.12. The maximum absolute atomic E-state index is 12.7. The van der Waals surface area contributed by atoms with Crippen molar-refractivity contribution in [1.82, 2.24) is 10.2 Å². The Morgan fingerprint density at radius 3 is 2.54 bits per heavy atom. The van der Waals surface area contributed by atoms with Crippen molar-refractivity contribution in [3.05, 3.63) is 62.1 Å². The molecule has 2 amide bonds. The molecule has 0 fully saturated rings. The van der Waals surface area contributed by atoms with Gasteiger partial charge in [-0.3, -0.25) is 9.59 Å². The van der Waals surface area contributed by atoms with Crippen molar-refractivity contribution in [3.8, 4) is 5.75 Å². The number of nitrogens with zero attached hydrogens (tertiary/aromatic N) is 1. The summed E-state index contributed by atoms with van der Waals surface area (Å²) in [7, 11) is 1.56. The SMILES string of the molecule is CNC(=O)[C@@H](C)N(Cc1cccc(Br)c1)C(=O)COc1ccc(I)cc1. The molecule has 0 aromatic heterocycles. The van der Waals surface area contributed by atoms with Gasteiger partial charge in [-0.1, -0.05) is 28.1 Å². The molecule has 2 rings (SSSR count). The van der Waals surface area contributed by atoms with Crippen LogP contribution in [0.5, 0.6) is 5.75 Å². The van der Waals surface area contributed by atoms with Gasteiger partial charge in [0.1, 0.15) is 11.8 Å². The van der Waals surface area contributed by atoms with Crippen LogP contribution in [0.1, 0.15) is 12.5 Å². The Morgan fingerprint density at radius 1 is 1.23 bits per heavy atom. The first kappa shape index (κ1) is 20.7. The first-order chi connectivity index (χ1) is 12.4. The molecule has 0 unspecified atom stereocenters. The van der Waals surface area contributed by atoms with Gasteiger partial charge in [0, 0.05) is 21.6 Å². The number of carbonyl (C=O) groups is 2. The minimum absolute atomic E-state index is 0.129. The maximum atomic E-state index is 12.7. The molecule has 0 saturated heterocycles. The van der Waals surface area contributed by atoms with E-state index in [-0.39, 0.29) is 18.4 Å². The number of halogens is 2. The van der Waals surface area contributed by atoms with Gasteiger partial charge in [0.05, 0.1) is 0 Å². The second kappa shape index (κ2) is 9.91. The number of hydrogen-bond donors (Lipinski definition) is 1. The van der Waals surface area contributed by atoms with Crippen LogP contribution in [0, 0.1) is 3.57 Å². The molecular formula is C19H20BrIN2O3. The van der Waals surface area contributed by atoms with Crippen molar-refractivity contribution in [2.45, 2.75) is 19.5 Å². The van der Waals surface area contributed by atoms with Crippen LogP contribution >= 0.6 is 38.5 Å². The minimum atomic E-state index is -0.605. The van der Waals surface area contributed by atoms with Gasteiger partial charge in [-0.05, 0) is 71.5 Å². The highest BCUT2D eigenvalue weighted by Crippen LogP contribution is 2.17. The van der Waals surface area contributed by atoms with Crippen molar-refractivity contribution in [1.29, 1.82) is 0 Å². The topological polar surface area (TPSA) is 58.6 Å². The Bertz CT molecular complexity index is 768. The Morgan fingerprint density at radius 2 is 1.92 bits per heavy atom. The molecule has 5 nitrogen and oxygen atoms in total. The zero-order valence-corrected chi connectivity index (χ0v) is 18.3. The highest BCUT2D eigenvalue weighted by molar-refractivity contribution is 14.1. The number of rotatable bonds is 7. The van der Waals surface area contributed by atoms with Gasteiger partial charge < -0.3 is 15.0 Å². The molecule has 2 aromatic rings. The molecular weight excluding hydrogens is 511 g/mol. The van der Waals surface area contributed by atoms with Crippen LogP contribution in [0.4, 0.5) is 0 Å².